The van der Waals surface area contributed by atoms with Gasteiger partial charge < -0.3 is 15.7 Å². The summed E-state index contributed by atoms with van der Waals surface area (Å²) in [5.41, 5.74) is 0. The largest absolute Gasteiger partial charge is 0.480 e. The molecule has 0 spiro atoms. The van der Waals surface area contributed by atoms with E-state index in [1.165, 1.54) is 6.08 Å². The van der Waals surface area contributed by atoms with Crippen LogP contribution < -0.4 is 10.6 Å². The molecule has 0 radical (unpaired) electrons. The number of carbonyl (C=O) groups is 2. The van der Waals surface area contributed by atoms with Crippen LogP contribution in [0, 0.1) is 11.8 Å². The smallest absolute Gasteiger partial charge is 0.326 e. The normalized spacial score (nSPS) is 19.3. The molecule has 5 heteroatoms. The summed E-state index contributed by atoms with van der Waals surface area (Å²) < 4.78 is 0. The Bertz CT molecular complexity index is 287. The quantitative estimate of drug-likeness (QED) is 0.556. The van der Waals surface area contributed by atoms with E-state index in [1.54, 1.807) is 0 Å². The van der Waals surface area contributed by atoms with E-state index in [9.17, 15) is 9.59 Å². The van der Waals surface area contributed by atoms with E-state index in [-0.39, 0.29) is 18.2 Å². The van der Waals surface area contributed by atoms with E-state index in [0.29, 0.717) is 5.92 Å². The predicted molar refractivity (Wildman–Crippen MR) is 59.9 cm³/mol. The van der Waals surface area contributed by atoms with Gasteiger partial charge in [-0.3, -0.25) is 4.79 Å². The van der Waals surface area contributed by atoms with E-state index < -0.39 is 12.0 Å². The van der Waals surface area contributed by atoms with Crippen LogP contribution in [0.4, 0.5) is 0 Å². The molecule has 0 aromatic carbocycles. The fraction of sp³-hybridized carbons (Fsp3) is 0.636. The molecule has 1 heterocycles. The third-order valence-corrected chi connectivity index (χ3v) is 2.95. The molecule has 16 heavy (non-hydrogen) atoms. The molecule has 1 rings (SSSR count). The highest BCUT2D eigenvalue weighted by molar-refractivity contribution is 5.85. The van der Waals surface area contributed by atoms with E-state index in [4.69, 9.17) is 5.11 Å². The minimum absolute atomic E-state index is 0.145. The van der Waals surface area contributed by atoms with Crippen LogP contribution in [0.1, 0.15) is 13.3 Å². The molecule has 0 aromatic rings. The number of carbonyl (C=O) groups excluding carboxylic acids is 1. The molecule has 1 saturated heterocycles. The average molecular weight is 226 g/mol. The van der Waals surface area contributed by atoms with Crippen molar-refractivity contribution >= 4 is 11.9 Å². The highest BCUT2D eigenvalue weighted by Crippen LogP contribution is 2.16. The molecule has 1 amide bonds. The molecule has 1 aliphatic rings. The van der Waals surface area contributed by atoms with Crippen LogP contribution in [0.15, 0.2) is 12.7 Å². The molecule has 2 unspecified atom stereocenters. The average Bonchev–Trinajstić information content (AvgIpc) is 2.13. The van der Waals surface area contributed by atoms with E-state index in [0.717, 1.165) is 13.1 Å². The molecule has 3 N–H and O–H groups in total. The second-order valence-corrected chi connectivity index (χ2v) is 4.13. The molecule has 0 aromatic heterocycles. The second kappa shape index (κ2) is 5.65. The van der Waals surface area contributed by atoms with Crippen LogP contribution in [0.25, 0.3) is 0 Å². The Morgan fingerprint density at radius 3 is 2.62 bits per heavy atom. The van der Waals surface area contributed by atoms with Gasteiger partial charge in [0.05, 0.1) is 0 Å². The van der Waals surface area contributed by atoms with Gasteiger partial charge in [-0.05, 0) is 25.4 Å². The number of nitrogens with one attached hydrogen (secondary N) is 2. The van der Waals surface area contributed by atoms with Crippen molar-refractivity contribution in [2.45, 2.75) is 19.4 Å². The van der Waals surface area contributed by atoms with Gasteiger partial charge in [-0.1, -0.05) is 13.0 Å². The zero-order valence-electron chi connectivity index (χ0n) is 9.40. The van der Waals surface area contributed by atoms with Crippen molar-refractivity contribution in [3.63, 3.8) is 0 Å². The van der Waals surface area contributed by atoms with Crippen molar-refractivity contribution in [1.29, 1.82) is 0 Å². The van der Waals surface area contributed by atoms with Crippen molar-refractivity contribution < 1.29 is 14.7 Å². The number of carboxylic acids is 1. The summed E-state index contributed by atoms with van der Waals surface area (Å²) in [4.78, 5) is 22.6. The number of amides is 1. The Kier molecular flexibility index (Phi) is 4.49. The van der Waals surface area contributed by atoms with Crippen LogP contribution in [0.5, 0.6) is 0 Å². The van der Waals surface area contributed by atoms with Gasteiger partial charge >= 0.3 is 5.97 Å². The van der Waals surface area contributed by atoms with Crippen molar-refractivity contribution in [3.05, 3.63) is 12.7 Å². The zero-order valence-corrected chi connectivity index (χ0v) is 9.40. The number of hydrogen-bond acceptors (Lipinski definition) is 3. The second-order valence-electron chi connectivity index (χ2n) is 4.13. The van der Waals surface area contributed by atoms with Gasteiger partial charge in [-0.15, -0.1) is 6.58 Å². The molecule has 0 bridgehead atoms. The van der Waals surface area contributed by atoms with Gasteiger partial charge in [0.1, 0.15) is 6.04 Å². The van der Waals surface area contributed by atoms with E-state index >= 15 is 0 Å². The van der Waals surface area contributed by atoms with Gasteiger partial charge in [0.15, 0.2) is 0 Å². The molecule has 2 atom stereocenters. The topological polar surface area (TPSA) is 78.4 Å². The molecule has 0 saturated carbocycles. The lowest BCUT2D eigenvalue weighted by Crippen LogP contribution is -2.52. The Hall–Kier alpha value is -1.36. The first kappa shape index (κ1) is 12.7. The molecule has 1 aliphatic heterocycles. The number of rotatable bonds is 6. The van der Waals surface area contributed by atoms with Gasteiger partial charge in [0.2, 0.25) is 5.91 Å². The first-order chi connectivity index (χ1) is 7.56. The maximum atomic E-state index is 11.7. The number of aliphatic carboxylic acids is 1. The van der Waals surface area contributed by atoms with Crippen molar-refractivity contribution in [2.24, 2.45) is 11.8 Å². The maximum Gasteiger partial charge on any atom is 0.326 e. The Labute approximate surface area is 94.9 Å². The molecule has 90 valence electrons. The highest BCUT2D eigenvalue weighted by atomic mass is 16.4. The fourth-order valence-corrected chi connectivity index (χ4v) is 1.57. The van der Waals surface area contributed by atoms with Crippen LogP contribution in [0.2, 0.25) is 0 Å². The van der Waals surface area contributed by atoms with Gasteiger partial charge in [-0.25, -0.2) is 4.79 Å². The van der Waals surface area contributed by atoms with E-state index in [1.807, 2.05) is 6.92 Å². The van der Waals surface area contributed by atoms with Crippen LogP contribution >= 0.6 is 0 Å². The standard InChI is InChI=1S/C11H18N2O3/c1-3-4-9(11(15)16)13-10(14)7(2)8-5-12-6-8/h3,7-9,12H,1,4-6H2,2H3,(H,13,14)(H,15,16). The fourth-order valence-electron chi connectivity index (χ4n) is 1.57. The minimum Gasteiger partial charge on any atom is -0.480 e. The summed E-state index contributed by atoms with van der Waals surface area (Å²) in [5, 5.41) is 14.5. The first-order valence-electron chi connectivity index (χ1n) is 5.41. The minimum atomic E-state index is -1.02. The molecule has 5 nitrogen and oxygen atoms in total. The zero-order chi connectivity index (χ0) is 12.1. The van der Waals surface area contributed by atoms with Crippen LogP contribution in [-0.2, 0) is 9.59 Å². The molecular weight excluding hydrogens is 208 g/mol. The van der Waals surface area contributed by atoms with Gasteiger partial charge in [0, 0.05) is 5.92 Å². The van der Waals surface area contributed by atoms with Crippen LogP contribution in [-0.4, -0.2) is 36.1 Å². The number of hydrogen-bond donors (Lipinski definition) is 3. The van der Waals surface area contributed by atoms with E-state index in [2.05, 4.69) is 17.2 Å². The summed E-state index contributed by atoms with van der Waals surface area (Å²) in [6.07, 6.45) is 1.74. The molecular formula is C11H18N2O3. The molecule has 0 aliphatic carbocycles. The van der Waals surface area contributed by atoms with Gasteiger partial charge in [0.25, 0.3) is 0 Å². The third-order valence-electron chi connectivity index (χ3n) is 2.95. The molecule has 1 fully saturated rings. The summed E-state index contributed by atoms with van der Waals surface area (Å²) in [6, 6.07) is -0.861. The lowest BCUT2D eigenvalue weighted by molar-refractivity contribution is -0.142. The van der Waals surface area contributed by atoms with Crippen LogP contribution in [0.3, 0.4) is 0 Å². The maximum absolute atomic E-state index is 11.7. The first-order valence-corrected chi connectivity index (χ1v) is 5.41. The summed E-state index contributed by atoms with van der Waals surface area (Å²) in [6.45, 7) is 6.95. The third kappa shape index (κ3) is 3.06. The van der Waals surface area contributed by atoms with Crippen molar-refractivity contribution in [2.75, 3.05) is 13.1 Å². The summed E-state index contributed by atoms with van der Waals surface area (Å²) in [7, 11) is 0. The Balaban J connectivity index is 2.46. The van der Waals surface area contributed by atoms with Crippen molar-refractivity contribution in [3.8, 4) is 0 Å². The summed E-state index contributed by atoms with van der Waals surface area (Å²) in [5.74, 6) is -1.04. The number of carboxylic acid groups (broad SMARTS) is 1. The Morgan fingerprint density at radius 1 is 1.62 bits per heavy atom. The summed E-state index contributed by atoms with van der Waals surface area (Å²) >= 11 is 0. The lowest BCUT2D eigenvalue weighted by Gasteiger charge is -2.32. The highest BCUT2D eigenvalue weighted by Gasteiger charge is 2.30. The SMILES string of the molecule is C=CCC(NC(=O)C(C)C1CNC1)C(=O)O. The van der Waals surface area contributed by atoms with Gasteiger partial charge in [-0.2, -0.15) is 0 Å². The monoisotopic (exact) mass is 226 g/mol. The predicted octanol–water partition coefficient (Wildman–Crippen LogP) is -0.0126. The lowest BCUT2D eigenvalue weighted by atomic mass is 9.88. The Morgan fingerprint density at radius 2 is 2.25 bits per heavy atom. The van der Waals surface area contributed by atoms with Crippen molar-refractivity contribution in [1.82, 2.24) is 10.6 Å².